The van der Waals surface area contributed by atoms with Gasteiger partial charge in [-0.05, 0) is 57.2 Å². The molecule has 0 radical (unpaired) electrons. The lowest BCUT2D eigenvalue weighted by Crippen LogP contribution is -2.42. The number of piperidine rings is 1. The molecular weight excluding hydrogens is 358 g/mol. The summed E-state index contributed by atoms with van der Waals surface area (Å²) in [6.07, 6.45) is 1.77. The number of nitrogens with zero attached hydrogens (tertiary/aromatic N) is 1. The fourth-order valence-electron chi connectivity index (χ4n) is 3.10. The molecule has 154 valence electrons. The number of ether oxygens (including phenoxy) is 1. The number of likely N-dealkylation sites (tertiary alicyclic amines) is 1. The summed E-state index contributed by atoms with van der Waals surface area (Å²) in [5.74, 6) is 0.147. The van der Waals surface area contributed by atoms with E-state index in [4.69, 9.17) is 4.74 Å². The number of amides is 3. The summed E-state index contributed by atoms with van der Waals surface area (Å²) in [4.78, 5) is 37.6. The highest BCUT2D eigenvalue weighted by Gasteiger charge is 2.27. The zero-order valence-electron chi connectivity index (χ0n) is 17.2. The molecule has 0 unspecified atom stereocenters. The van der Waals surface area contributed by atoms with Gasteiger partial charge < -0.3 is 20.3 Å². The zero-order chi connectivity index (χ0) is 20.7. The van der Waals surface area contributed by atoms with Crippen molar-refractivity contribution in [1.29, 1.82) is 0 Å². The molecule has 1 fully saturated rings. The van der Waals surface area contributed by atoms with Crippen LogP contribution in [0.25, 0.3) is 0 Å². The van der Waals surface area contributed by atoms with Crippen LogP contribution >= 0.6 is 0 Å². The Balaban J connectivity index is 1.71. The molecule has 1 heterocycles. The molecule has 0 bridgehead atoms. The molecule has 7 heteroatoms. The van der Waals surface area contributed by atoms with Crippen LogP contribution in [0, 0.1) is 5.92 Å². The van der Waals surface area contributed by atoms with Gasteiger partial charge >= 0.3 is 6.09 Å². The molecule has 1 aromatic carbocycles. The van der Waals surface area contributed by atoms with Gasteiger partial charge in [-0.25, -0.2) is 4.79 Å². The van der Waals surface area contributed by atoms with Crippen molar-refractivity contribution in [2.24, 2.45) is 5.92 Å². The first-order chi connectivity index (χ1) is 13.2. The first-order valence-corrected chi connectivity index (χ1v) is 9.73. The minimum Gasteiger partial charge on any atom is -0.444 e. The Kier molecular flexibility index (Phi) is 7.43. The Morgan fingerprint density at radius 2 is 1.71 bits per heavy atom. The molecule has 0 aromatic heterocycles. The molecule has 7 nitrogen and oxygen atoms in total. The van der Waals surface area contributed by atoms with Crippen molar-refractivity contribution in [3.63, 3.8) is 0 Å². The molecule has 1 aliphatic heterocycles. The number of rotatable bonds is 5. The van der Waals surface area contributed by atoms with E-state index in [-0.39, 0.29) is 23.8 Å². The second-order valence-electron chi connectivity index (χ2n) is 8.17. The minimum atomic E-state index is -0.494. The molecule has 2 N–H and O–H groups in total. The van der Waals surface area contributed by atoms with Gasteiger partial charge in [-0.15, -0.1) is 0 Å². The first kappa shape index (κ1) is 21.7. The molecule has 3 amide bonds. The van der Waals surface area contributed by atoms with Crippen LogP contribution in [0.1, 0.15) is 56.0 Å². The van der Waals surface area contributed by atoms with Gasteiger partial charge in [0.15, 0.2) is 0 Å². The standard InChI is InChI=1S/C21H31N3O4/c1-21(2,3)28-20(27)24-11-9-15(10-12-24)13-18(25)23-14-16-5-7-17(8-6-16)19(26)22-4/h5-8,15H,9-14H2,1-4H3,(H,22,26)(H,23,25). The molecule has 0 aliphatic carbocycles. The average Bonchev–Trinajstić information content (AvgIpc) is 2.65. The average molecular weight is 389 g/mol. The Morgan fingerprint density at radius 1 is 1.11 bits per heavy atom. The summed E-state index contributed by atoms with van der Waals surface area (Å²) in [6.45, 7) is 7.24. The lowest BCUT2D eigenvalue weighted by molar-refractivity contribution is -0.122. The van der Waals surface area contributed by atoms with Crippen molar-refractivity contribution in [3.8, 4) is 0 Å². The molecule has 2 rings (SSSR count). The Bertz CT molecular complexity index is 687. The van der Waals surface area contributed by atoms with Crippen molar-refractivity contribution in [2.45, 2.75) is 52.2 Å². The summed E-state index contributed by atoms with van der Waals surface area (Å²) >= 11 is 0. The lowest BCUT2D eigenvalue weighted by Gasteiger charge is -2.33. The molecule has 1 aromatic rings. The molecule has 0 spiro atoms. The van der Waals surface area contributed by atoms with Crippen LogP contribution in [0.4, 0.5) is 4.79 Å². The van der Waals surface area contributed by atoms with Crippen LogP contribution in [0.2, 0.25) is 0 Å². The van der Waals surface area contributed by atoms with Crippen LogP contribution in [0.3, 0.4) is 0 Å². The van der Waals surface area contributed by atoms with E-state index in [9.17, 15) is 14.4 Å². The van der Waals surface area contributed by atoms with Gasteiger partial charge in [-0.3, -0.25) is 9.59 Å². The lowest BCUT2D eigenvalue weighted by atomic mass is 9.93. The van der Waals surface area contributed by atoms with Gasteiger partial charge in [0.05, 0.1) is 0 Å². The molecule has 28 heavy (non-hydrogen) atoms. The van der Waals surface area contributed by atoms with E-state index in [1.807, 2.05) is 32.9 Å². The second kappa shape index (κ2) is 9.57. The van der Waals surface area contributed by atoms with Gasteiger partial charge in [0.2, 0.25) is 5.91 Å². The van der Waals surface area contributed by atoms with E-state index in [0.29, 0.717) is 31.6 Å². The number of carbonyl (C=O) groups is 3. The van der Waals surface area contributed by atoms with Crippen LogP contribution in [-0.2, 0) is 16.1 Å². The van der Waals surface area contributed by atoms with E-state index < -0.39 is 5.60 Å². The van der Waals surface area contributed by atoms with Crippen molar-refractivity contribution < 1.29 is 19.1 Å². The maximum atomic E-state index is 12.2. The maximum Gasteiger partial charge on any atom is 0.410 e. The third kappa shape index (κ3) is 6.87. The van der Waals surface area contributed by atoms with E-state index in [1.165, 1.54) is 0 Å². The number of carbonyl (C=O) groups excluding carboxylic acids is 3. The number of benzene rings is 1. The smallest absolute Gasteiger partial charge is 0.410 e. The predicted molar refractivity (Wildman–Crippen MR) is 107 cm³/mol. The fourth-order valence-corrected chi connectivity index (χ4v) is 3.10. The molecule has 0 saturated carbocycles. The maximum absolute atomic E-state index is 12.2. The van der Waals surface area contributed by atoms with Gasteiger partial charge in [-0.1, -0.05) is 12.1 Å². The highest BCUT2D eigenvalue weighted by Crippen LogP contribution is 2.22. The quantitative estimate of drug-likeness (QED) is 0.810. The Labute approximate surface area is 166 Å². The van der Waals surface area contributed by atoms with Crippen molar-refractivity contribution in [3.05, 3.63) is 35.4 Å². The molecule has 1 aliphatic rings. The van der Waals surface area contributed by atoms with Crippen LogP contribution in [-0.4, -0.2) is 48.5 Å². The van der Waals surface area contributed by atoms with Gasteiger partial charge in [0.1, 0.15) is 5.60 Å². The van der Waals surface area contributed by atoms with E-state index in [2.05, 4.69) is 10.6 Å². The number of hydrogen-bond acceptors (Lipinski definition) is 4. The number of hydrogen-bond donors (Lipinski definition) is 2. The van der Waals surface area contributed by atoms with Crippen molar-refractivity contribution >= 4 is 17.9 Å². The monoisotopic (exact) mass is 389 g/mol. The van der Waals surface area contributed by atoms with Crippen molar-refractivity contribution in [1.82, 2.24) is 15.5 Å². The summed E-state index contributed by atoms with van der Waals surface area (Å²) in [5, 5.41) is 5.51. The Morgan fingerprint density at radius 3 is 2.25 bits per heavy atom. The minimum absolute atomic E-state index is 0.00564. The highest BCUT2D eigenvalue weighted by atomic mass is 16.6. The van der Waals surface area contributed by atoms with Gasteiger partial charge in [0, 0.05) is 38.7 Å². The van der Waals surface area contributed by atoms with E-state index in [1.54, 1.807) is 24.1 Å². The van der Waals surface area contributed by atoms with Crippen molar-refractivity contribution in [2.75, 3.05) is 20.1 Å². The molecule has 0 atom stereocenters. The van der Waals surface area contributed by atoms with E-state index >= 15 is 0 Å². The molecule has 1 saturated heterocycles. The van der Waals surface area contributed by atoms with Crippen LogP contribution < -0.4 is 10.6 Å². The molecular formula is C21H31N3O4. The highest BCUT2D eigenvalue weighted by molar-refractivity contribution is 5.93. The normalized spacial score (nSPS) is 15.1. The summed E-state index contributed by atoms with van der Waals surface area (Å²) in [7, 11) is 1.59. The SMILES string of the molecule is CNC(=O)c1ccc(CNC(=O)CC2CCN(C(=O)OC(C)(C)C)CC2)cc1. The first-order valence-electron chi connectivity index (χ1n) is 9.73. The predicted octanol–water partition coefficient (Wildman–Crippen LogP) is 2.70. The van der Waals surface area contributed by atoms with Crippen LogP contribution in [0.15, 0.2) is 24.3 Å². The summed E-state index contributed by atoms with van der Waals surface area (Å²) in [5.41, 5.74) is 1.04. The van der Waals surface area contributed by atoms with Gasteiger partial charge in [-0.2, -0.15) is 0 Å². The Hall–Kier alpha value is -2.57. The second-order valence-corrected chi connectivity index (χ2v) is 8.17. The fraction of sp³-hybridized carbons (Fsp3) is 0.571. The summed E-state index contributed by atoms with van der Waals surface area (Å²) < 4.78 is 5.39. The summed E-state index contributed by atoms with van der Waals surface area (Å²) in [6, 6.07) is 7.16. The van der Waals surface area contributed by atoms with Gasteiger partial charge in [0.25, 0.3) is 5.91 Å². The topological polar surface area (TPSA) is 87.7 Å². The van der Waals surface area contributed by atoms with E-state index in [0.717, 1.165) is 18.4 Å². The zero-order valence-corrected chi connectivity index (χ0v) is 17.2. The van der Waals surface area contributed by atoms with Crippen LogP contribution in [0.5, 0.6) is 0 Å². The third-order valence-electron chi connectivity index (χ3n) is 4.67. The number of nitrogens with one attached hydrogen (secondary N) is 2. The third-order valence-corrected chi connectivity index (χ3v) is 4.67. The largest absolute Gasteiger partial charge is 0.444 e.